The summed E-state index contributed by atoms with van der Waals surface area (Å²) < 4.78 is 5.36. The van der Waals surface area contributed by atoms with Crippen molar-refractivity contribution in [3.05, 3.63) is 47.8 Å². The van der Waals surface area contributed by atoms with Crippen LogP contribution in [0.2, 0.25) is 0 Å². The molecule has 0 aliphatic carbocycles. The number of pyridine rings is 1. The van der Waals surface area contributed by atoms with Gasteiger partial charge in [0, 0.05) is 23.0 Å². The first kappa shape index (κ1) is 10.7. The molecule has 0 atom stereocenters. The lowest BCUT2D eigenvalue weighted by atomic mass is 10.0. The van der Waals surface area contributed by atoms with Crippen molar-refractivity contribution in [3.8, 4) is 16.9 Å². The molecule has 0 spiro atoms. The highest BCUT2D eigenvalue weighted by Gasteiger charge is 2.07. The van der Waals surface area contributed by atoms with Gasteiger partial charge >= 0.3 is 0 Å². The predicted octanol–water partition coefficient (Wildman–Crippen LogP) is 3.37. The predicted molar refractivity (Wildman–Crippen MR) is 65.7 cm³/mol. The molecule has 0 radical (unpaired) electrons. The van der Waals surface area contributed by atoms with E-state index in [2.05, 4.69) is 24.0 Å². The van der Waals surface area contributed by atoms with Crippen molar-refractivity contribution in [1.82, 2.24) is 4.98 Å². The molecule has 0 N–H and O–H groups in total. The molecule has 0 amide bonds. The molecule has 0 saturated carbocycles. The van der Waals surface area contributed by atoms with E-state index >= 15 is 0 Å². The van der Waals surface area contributed by atoms with E-state index in [4.69, 9.17) is 4.74 Å². The second-order valence-corrected chi connectivity index (χ2v) is 3.84. The number of benzene rings is 1. The molecule has 1 aromatic carbocycles. The molecule has 82 valence electrons. The number of hydrogen-bond donors (Lipinski definition) is 0. The molecule has 2 heteroatoms. The van der Waals surface area contributed by atoms with Gasteiger partial charge in [-0.05, 0) is 31.5 Å². The van der Waals surface area contributed by atoms with Crippen molar-refractivity contribution in [3.63, 3.8) is 0 Å². The molecule has 0 fully saturated rings. The molecule has 0 saturated heterocycles. The zero-order chi connectivity index (χ0) is 11.5. The van der Waals surface area contributed by atoms with Gasteiger partial charge in [0.2, 0.25) is 0 Å². The molecule has 1 heterocycles. The molecule has 0 aliphatic heterocycles. The first-order valence-corrected chi connectivity index (χ1v) is 5.29. The number of aromatic nitrogens is 1. The molecule has 2 nitrogen and oxygen atoms in total. The Labute approximate surface area is 95.9 Å². The number of aryl methyl sites for hydroxylation is 2. The van der Waals surface area contributed by atoms with Gasteiger partial charge in [-0.1, -0.05) is 18.2 Å². The Hall–Kier alpha value is -1.83. The van der Waals surface area contributed by atoms with E-state index in [1.807, 2.05) is 31.3 Å². The van der Waals surface area contributed by atoms with Crippen molar-refractivity contribution >= 4 is 0 Å². The standard InChI is InChI=1S/C14H15NO/c1-10-8-11(2)15-9-13(10)12-6-4-5-7-14(12)16-3/h4-9H,1-3H3. The summed E-state index contributed by atoms with van der Waals surface area (Å²) >= 11 is 0. The van der Waals surface area contributed by atoms with Crippen molar-refractivity contribution < 1.29 is 4.74 Å². The molecular weight excluding hydrogens is 198 g/mol. The van der Waals surface area contributed by atoms with E-state index in [-0.39, 0.29) is 0 Å². The highest BCUT2D eigenvalue weighted by atomic mass is 16.5. The molecule has 0 aliphatic rings. The van der Waals surface area contributed by atoms with E-state index in [1.54, 1.807) is 7.11 Å². The fourth-order valence-corrected chi connectivity index (χ4v) is 1.85. The summed E-state index contributed by atoms with van der Waals surface area (Å²) in [4.78, 5) is 4.34. The molecule has 2 aromatic rings. The second-order valence-electron chi connectivity index (χ2n) is 3.84. The summed E-state index contributed by atoms with van der Waals surface area (Å²) in [7, 11) is 1.69. The fraction of sp³-hybridized carbons (Fsp3) is 0.214. The third-order valence-electron chi connectivity index (χ3n) is 2.64. The van der Waals surface area contributed by atoms with Gasteiger partial charge in [0.15, 0.2) is 0 Å². The van der Waals surface area contributed by atoms with Crippen LogP contribution in [0.3, 0.4) is 0 Å². The average molecular weight is 213 g/mol. The first-order valence-electron chi connectivity index (χ1n) is 5.29. The maximum atomic E-state index is 5.36. The summed E-state index contributed by atoms with van der Waals surface area (Å²) in [6.45, 7) is 4.09. The van der Waals surface area contributed by atoms with Crippen LogP contribution in [-0.4, -0.2) is 12.1 Å². The number of hydrogen-bond acceptors (Lipinski definition) is 2. The van der Waals surface area contributed by atoms with Gasteiger partial charge in [-0.3, -0.25) is 4.98 Å². The largest absolute Gasteiger partial charge is 0.496 e. The highest BCUT2D eigenvalue weighted by molar-refractivity contribution is 5.72. The molecule has 1 aromatic heterocycles. The topological polar surface area (TPSA) is 22.1 Å². The Morgan fingerprint density at radius 1 is 1.06 bits per heavy atom. The summed E-state index contributed by atoms with van der Waals surface area (Å²) in [6, 6.07) is 10.1. The molecule has 2 rings (SSSR count). The van der Waals surface area contributed by atoms with Gasteiger partial charge < -0.3 is 4.74 Å². The van der Waals surface area contributed by atoms with Crippen molar-refractivity contribution in [1.29, 1.82) is 0 Å². The Bertz CT molecular complexity index is 506. The minimum absolute atomic E-state index is 0.885. The minimum Gasteiger partial charge on any atom is -0.496 e. The highest BCUT2D eigenvalue weighted by Crippen LogP contribution is 2.31. The lowest BCUT2D eigenvalue weighted by Gasteiger charge is -2.10. The zero-order valence-corrected chi connectivity index (χ0v) is 9.82. The monoisotopic (exact) mass is 213 g/mol. The molecule has 16 heavy (non-hydrogen) atoms. The van der Waals surface area contributed by atoms with Crippen LogP contribution in [0.4, 0.5) is 0 Å². The lowest BCUT2D eigenvalue weighted by molar-refractivity contribution is 0.416. The number of para-hydroxylation sites is 1. The lowest BCUT2D eigenvalue weighted by Crippen LogP contribution is -1.91. The third-order valence-corrected chi connectivity index (χ3v) is 2.64. The van der Waals surface area contributed by atoms with Gasteiger partial charge in [-0.2, -0.15) is 0 Å². The van der Waals surface area contributed by atoms with E-state index in [9.17, 15) is 0 Å². The normalized spacial score (nSPS) is 10.2. The average Bonchev–Trinajstić information content (AvgIpc) is 2.29. The van der Waals surface area contributed by atoms with Crippen molar-refractivity contribution in [2.75, 3.05) is 7.11 Å². The molecule has 0 unspecified atom stereocenters. The number of rotatable bonds is 2. The smallest absolute Gasteiger partial charge is 0.126 e. The van der Waals surface area contributed by atoms with Gasteiger partial charge in [-0.15, -0.1) is 0 Å². The number of methoxy groups -OCH3 is 1. The minimum atomic E-state index is 0.885. The van der Waals surface area contributed by atoms with Crippen LogP contribution >= 0.6 is 0 Å². The zero-order valence-electron chi connectivity index (χ0n) is 9.82. The quantitative estimate of drug-likeness (QED) is 0.763. The van der Waals surface area contributed by atoms with Crippen LogP contribution in [0.1, 0.15) is 11.3 Å². The van der Waals surface area contributed by atoms with Gasteiger partial charge in [0.05, 0.1) is 7.11 Å². The Kier molecular flexibility index (Phi) is 2.91. The Balaban J connectivity index is 2.58. The summed E-state index contributed by atoms with van der Waals surface area (Å²) in [5, 5.41) is 0. The third kappa shape index (κ3) is 1.91. The Morgan fingerprint density at radius 2 is 1.81 bits per heavy atom. The summed E-state index contributed by atoms with van der Waals surface area (Å²) in [5.74, 6) is 0.885. The van der Waals surface area contributed by atoms with E-state index in [1.165, 1.54) is 5.56 Å². The van der Waals surface area contributed by atoms with E-state index < -0.39 is 0 Å². The second kappa shape index (κ2) is 4.35. The van der Waals surface area contributed by atoms with Crippen molar-refractivity contribution in [2.45, 2.75) is 13.8 Å². The first-order chi connectivity index (χ1) is 7.72. The molecule has 0 bridgehead atoms. The van der Waals surface area contributed by atoms with Gasteiger partial charge in [0.1, 0.15) is 5.75 Å². The summed E-state index contributed by atoms with van der Waals surface area (Å²) in [6.07, 6.45) is 1.91. The number of nitrogens with zero attached hydrogens (tertiary/aromatic N) is 1. The maximum absolute atomic E-state index is 5.36. The SMILES string of the molecule is COc1ccccc1-c1cnc(C)cc1C. The van der Waals surface area contributed by atoms with Crippen LogP contribution in [0, 0.1) is 13.8 Å². The van der Waals surface area contributed by atoms with Crippen LogP contribution in [0.5, 0.6) is 5.75 Å². The van der Waals surface area contributed by atoms with Crippen LogP contribution in [0.25, 0.3) is 11.1 Å². The van der Waals surface area contributed by atoms with Gasteiger partial charge in [0.25, 0.3) is 0 Å². The van der Waals surface area contributed by atoms with E-state index in [0.29, 0.717) is 0 Å². The fourth-order valence-electron chi connectivity index (χ4n) is 1.85. The van der Waals surface area contributed by atoms with Crippen molar-refractivity contribution in [2.24, 2.45) is 0 Å². The summed E-state index contributed by atoms with van der Waals surface area (Å²) in [5.41, 5.74) is 4.48. The van der Waals surface area contributed by atoms with Gasteiger partial charge in [-0.25, -0.2) is 0 Å². The Morgan fingerprint density at radius 3 is 2.50 bits per heavy atom. The molecular formula is C14H15NO. The van der Waals surface area contributed by atoms with Crippen LogP contribution in [0.15, 0.2) is 36.5 Å². The number of ether oxygens (including phenoxy) is 1. The maximum Gasteiger partial charge on any atom is 0.126 e. The van der Waals surface area contributed by atoms with Crippen LogP contribution in [-0.2, 0) is 0 Å². The van der Waals surface area contributed by atoms with E-state index in [0.717, 1.165) is 22.6 Å². The van der Waals surface area contributed by atoms with Crippen LogP contribution < -0.4 is 4.74 Å².